The number of amides is 1. The number of aromatic nitrogens is 2. The molecule has 1 N–H and O–H groups in total. The van der Waals surface area contributed by atoms with Crippen LogP contribution in [0.25, 0.3) is 0 Å². The second-order valence-electron chi connectivity index (χ2n) is 4.45. The molecular weight excluding hydrogens is 290 g/mol. The predicted octanol–water partition coefficient (Wildman–Crippen LogP) is 1.29. The van der Waals surface area contributed by atoms with Crippen molar-refractivity contribution < 1.29 is 13.2 Å². The summed E-state index contributed by atoms with van der Waals surface area (Å²) in [5.41, 5.74) is 0. The number of carbonyl (C=O) groups excluding carboxylic acids is 1. The first kappa shape index (κ1) is 16.0. The largest absolute Gasteiger partial charge is 0.354 e. The van der Waals surface area contributed by atoms with Crippen molar-refractivity contribution in [1.82, 2.24) is 14.9 Å². The number of hydrogen-bond acceptors (Lipinski definition) is 4. The maximum absolute atomic E-state index is 11.5. The van der Waals surface area contributed by atoms with E-state index < -0.39 is 9.05 Å². The maximum atomic E-state index is 11.5. The molecular formula is C11H18ClN3O3S. The van der Waals surface area contributed by atoms with Crippen LogP contribution in [0.2, 0.25) is 0 Å². The van der Waals surface area contributed by atoms with E-state index in [0.29, 0.717) is 18.8 Å². The number of nitrogens with zero attached hydrogens (tertiary/aromatic N) is 2. The minimum Gasteiger partial charge on any atom is -0.354 e. The van der Waals surface area contributed by atoms with E-state index in [1.807, 2.05) is 20.8 Å². The van der Waals surface area contributed by atoms with E-state index in [1.165, 1.54) is 6.20 Å². The molecule has 108 valence electrons. The molecule has 0 saturated heterocycles. The number of carbonyl (C=O) groups is 1. The topological polar surface area (TPSA) is 81.1 Å². The average molecular weight is 308 g/mol. The highest BCUT2D eigenvalue weighted by Crippen LogP contribution is 2.15. The Hall–Kier alpha value is -1.08. The molecule has 1 heterocycles. The van der Waals surface area contributed by atoms with Gasteiger partial charge in [-0.25, -0.2) is 13.4 Å². The normalized spacial score (nSPS) is 11.8. The number of aryl methyl sites for hydroxylation is 2. The van der Waals surface area contributed by atoms with Crippen LogP contribution in [-0.4, -0.2) is 29.9 Å². The zero-order valence-corrected chi connectivity index (χ0v) is 12.8. The van der Waals surface area contributed by atoms with Gasteiger partial charge in [0.15, 0.2) is 5.03 Å². The zero-order valence-electron chi connectivity index (χ0n) is 11.2. The molecule has 0 aliphatic heterocycles. The van der Waals surface area contributed by atoms with E-state index >= 15 is 0 Å². The molecule has 0 aliphatic carbocycles. The third-order valence-corrected chi connectivity index (χ3v) is 3.60. The molecule has 0 atom stereocenters. The van der Waals surface area contributed by atoms with Gasteiger partial charge in [0.1, 0.15) is 5.82 Å². The molecule has 19 heavy (non-hydrogen) atoms. The van der Waals surface area contributed by atoms with Crippen molar-refractivity contribution >= 4 is 25.6 Å². The van der Waals surface area contributed by atoms with Crippen LogP contribution in [0.4, 0.5) is 0 Å². The lowest BCUT2D eigenvalue weighted by Gasteiger charge is -2.09. The van der Waals surface area contributed by atoms with Crippen LogP contribution in [0.15, 0.2) is 11.2 Å². The van der Waals surface area contributed by atoms with Crippen LogP contribution in [0, 0.1) is 0 Å². The molecule has 0 bridgehead atoms. The van der Waals surface area contributed by atoms with E-state index in [-0.39, 0.29) is 23.4 Å². The van der Waals surface area contributed by atoms with Crippen molar-refractivity contribution in [2.24, 2.45) is 0 Å². The Balaban J connectivity index is 2.78. The van der Waals surface area contributed by atoms with Gasteiger partial charge in [0.2, 0.25) is 5.91 Å². The highest BCUT2D eigenvalue weighted by Gasteiger charge is 2.17. The molecule has 0 saturated carbocycles. The lowest BCUT2D eigenvalue weighted by Crippen LogP contribution is -2.30. The van der Waals surface area contributed by atoms with Gasteiger partial charge >= 0.3 is 0 Å². The Morgan fingerprint density at radius 2 is 2.16 bits per heavy atom. The molecule has 0 radical (unpaired) electrons. The van der Waals surface area contributed by atoms with Crippen LogP contribution >= 0.6 is 10.7 Å². The van der Waals surface area contributed by atoms with Crippen molar-refractivity contribution in [3.63, 3.8) is 0 Å². The van der Waals surface area contributed by atoms with Crippen LogP contribution in [0.1, 0.15) is 33.0 Å². The van der Waals surface area contributed by atoms with Crippen molar-refractivity contribution in [1.29, 1.82) is 0 Å². The standard InChI is InChI=1S/C11H18ClN3O3S/c1-4-9-14-11(19(12,17)18)7-15(9)6-5-10(16)13-8(2)3/h7-8H,4-6H2,1-3H3,(H,13,16). The smallest absolute Gasteiger partial charge is 0.280 e. The van der Waals surface area contributed by atoms with Gasteiger partial charge < -0.3 is 9.88 Å². The van der Waals surface area contributed by atoms with Crippen LogP contribution in [0.5, 0.6) is 0 Å². The summed E-state index contributed by atoms with van der Waals surface area (Å²) in [6, 6.07) is 0.0831. The van der Waals surface area contributed by atoms with Gasteiger partial charge in [-0.15, -0.1) is 0 Å². The number of nitrogens with one attached hydrogen (secondary N) is 1. The van der Waals surface area contributed by atoms with Crippen molar-refractivity contribution in [2.75, 3.05) is 0 Å². The Labute approximate surface area is 117 Å². The SMILES string of the molecule is CCc1nc(S(=O)(=O)Cl)cn1CCC(=O)NC(C)C. The summed E-state index contributed by atoms with van der Waals surface area (Å²) in [5, 5.41) is 2.60. The lowest BCUT2D eigenvalue weighted by atomic mass is 10.3. The fourth-order valence-electron chi connectivity index (χ4n) is 1.64. The molecule has 0 fully saturated rings. The third kappa shape index (κ3) is 4.83. The lowest BCUT2D eigenvalue weighted by molar-refractivity contribution is -0.121. The molecule has 0 aliphatic rings. The van der Waals surface area contributed by atoms with Crippen molar-refractivity contribution in [3.8, 4) is 0 Å². The van der Waals surface area contributed by atoms with Crippen molar-refractivity contribution in [3.05, 3.63) is 12.0 Å². The van der Waals surface area contributed by atoms with Gasteiger partial charge in [-0.1, -0.05) is 6.92 Å². The van der Waals surface area contributed by atoms with Crippen molar-refractivity contribution in [2.45, 2.75) is 51.2 Å². The second-order valence-corrected chi connectivity index (χ2v) is 6.97. The Bertz CT molecular complexity index is 552. The molecule has 8 heteroatoms. The Kier molecular flexibility index (Phi) is 5.37. The number of rotatable bonds is 6. The van der Waals surface area contributed by atoms with Gasteiger partial charge in [0.25, 0.3) is 9.05 Å². The molecule has 1 rings (SSSR count). The summed E-state index contributed by atoms with van der Waals surface area (Å²) in [7, 11) is 1.42. The van der Waals surface area contributed by atoms with E-state index in [1.54, 1.807) is 4.57 Å². The summed E-state index contributed by atoms with van der Waals surface area (Å²) in [4.78, 5) is 15.5. The monoisotopic (exact) mass is 307 g/mol. The summed E-state index contributed by atoms with van der Waals surface area (Å²) >= 11 is 0. The Morgan fingerprint density at radius 3 is 2.63 bits per heavy atom. The molecule has 0 spiro atoms. The highest BCUT2D eigenvalue weighted by molar-refractivity contribution is 8.13. The van der Waals surface area contributed by atoms with E-state index in [4.69, 9.17) is 10.7 Å². The van der Waals surface area contributed by atoms with Crippen LogP contribution in [0.3, 0.4) is 0 Å². The minimum absolute atomic E-state index is 0.0824. The fourth-order valence-corrected chi connectivity index (χ4v) is 2.33. The van der Waals surface area contributed by atoms with Gasteiger partial charge in [-0.05, 0) is 13.8 Å². The maximum Gasteiger partial charge on any atom is 0.280 e. The van der Waals surface area contributed by atoms with Crippen LogP contribution in [-0.2, 0) is 26.8 Å². The second kappa shape index (κ2) is 6.38. The van der Waals surface area contributed by atoms with E-state index in [9.17, 15) is 13.2 Å². The average Bonchev–Trinajstić information content (AvgIpc) is 2.68. The molecule has 1 aromatic rings. The predicted molar refractivity (Wildman–Crippen MR) is 72.5 cm³/mol. The summed E-state index contributed by atoms with van der Waals surface area (Å²) in [5.74, 6) is 0.512. The van der Waals surface area contributed by atoms with Gasteiger partial charge in [-0.3, -0.25) is 4.79 Å². The first-order chi connectivity index (χ1) is 8.74. The first-order valence-electron chi connectivity index (χ1n) is 6.04. The molecule has 1 aromatic heterocycles. The van der Waals surface area contributed by atoms with Gasteiger partial charge in [-0.2, -0.15) is 0 Å². The third-order valence-electron chi connectivity index (χ3n) is 2.43. The number of hydrogen-bond donors (Lipinski definition) is 1. The number of halogens is 1. The van der Waals surface area contributed by atoms with Gasteiger partial charge in [0, 0.05) is 42.3 Å². The summed E-state index contributed by atoms with van der Waals surface area (Å²) in [6.07, 6.45) is 2.20. The molecule has 1 amide bonds. The fraction of sp³-hybridized carbons (Fsp3) is 0.636. The first-order valence-corrected chi connectivity index (χ1v) is 8.35. The highest BCUT2D eigenvalue weighted by atomic mass is 35.7. The molecule has 6 nitrogen and oxygen atoms in total. The summed E-state index contributed by atoms with van der Waals surface area (Å²) < 4.78 is 24.1. The quantitative estimate of drug-likeness (QED) is 0.803. The van der Waals surface area contributed by atoms with E-state index in [0.717, 1.165) is 0 Å². The zero-order chi connectivity index (χ0) is 14.6. The molecule has 0 unspecified atom stereocenters. The minimum atomic E-state index is -3.83. The molecule has 0 aromatic carbocycles. The Morgan fingerprint density at radius 1 is 1.53 bits per heavy atom. The van der Waals surface area contributed by atoms with E-state index in [2.05, 4.69) is 10.3 Å². The van der Waals surface area contributed by atoms with Gasteiger partial charge in [0.05, 0.1) is 0 Å². The number of imidazole rings is 1. The summed E-state index contributed by atoms with van der Waals surface area (Å²) in [6.45, 7) is 5.99. The van der Waals surface area contributed by atoms with Crippen LogP contribution < -0.4 is 5.32 Å².